The molecule has 0 spiro atoms. The van der Waals surface area contributed by atoms with E-state index in [0.717, 1.165) is 0 Å². The van der Waals surface area contributed by atoms with Crippen molar-refractivity contribution in [3.63, 3.8) is 0 Å². The number of nitrogens with one attached hydrogen (secondary N) is 2. The first-order valence-corrected chi connectivity index (χ1v) is 7.70. The van der Waals surface area contributed by atoms with Crippen LogP contribution >= 0.6 is 11.6 Å². The largest absolute Gasteiger partial charge is 0.256 e. The molecule has 7 heteroatoms. The molecule has 1 aliphatic rings. The van der Waals surface area contributed by atoms with Crippen LogP contribution in [0.3, 0.4) is 0 Å². The minimum absolute atomic E-state index is 0.00504. The Balaban J connectivity index is 2.44. The highest BCUT2D eigenvalue weighted by atomic mass is 35.5. The number of rotatable bonds is 3. The lowest BCUT2D eigenvalue weighted by atomic mass is 9.99. The summed E-state index contributed by atoms with van der Waals surface area (Å²) in [5.41, 5.74) is 5.70. The molecule has 1 aromatic carbocycles. The molecule has 2 rings (SSSR count). The van der Waals surface area contributed by atoms with E-state index in [-0.39, 0.29) is 16.3 Å². The van der Waals surface area contributed by atoms with Gasteiger partial charge in [0.25, 0.3) is 0 Å². The van der Waals surface area contributed by atoms with Crippen molar-refractivity contribution in [1.29, 1.82) is 0 Å². The van der Waals surface area contributed by atoms with Gasteiger partial charge in [0.15, 0.2) is 9.84 Å². The molecule has 4 nitrogen and oxygen atoms in total. The van der Waals surface area contributed by atoms with Crippen LogP contribution in [-0.4, -0.2) is 26.1 Å². The standard InChI is InChI=1S/C11H14ClFN2O2S/c1-2-18(16,17)11-7(6-14-15-11)10-8(12)4-3-5-9(10)13/h3-5,7,11,14-15H,2,6H2,1H3. The fourth-order valence-electron chi connectivity index (χ4n) is 2.12. The first kappa shape index (κ1) is 13.7. The van der Waals surface area contributed by atoms with E-state index < -0.39 is 26.9 Å². The summed E-state index contributed by atoms with van der Waals surface area (Å²) in [5, 5.41) is -0.598. The van der Waals surface area contributed by atoms with Gasteiger partial charge in [-0.1, -0.05) is 24.6 Å². The van der Waals surface area contributed by atoms with Gasteiger partial charge in [-0.05, 0) is 12.1 Å². The molecule has 1 saturated heterocycles. The van der Waals surface area contributed by atoms with Crippen LogP contribution in [0.1, 0.15) is 18.4 Å². The van der Waals surface area contributed by atoms with Crippen molar-refractivity contribution in [2.24, 2.45) is 0 Å². The Morgan fingerprint density at radius 1 is 1.50 bits per heavy atom. The van der Waals surface area contributed by atoms with Crippen LogP contribution in [0.25, 0.3) is 0 Å². The summed E-state index contributed by atoms with van der Waals surface area (Å²) in [4.78, 5) is 0. The maximum absolute atomic E-state index is 13.8. The summed E-state index contributed by atoms with van der Waals surface area (Å²) >= 11 is 5.98. The van der Waals surface area contributed by atoms with E-state index in [1.165, 1.54) is 12.1 Å². The summed E-state index contributed by atoms with van der Waals surface area (Å²) < 4.78 is 37.7. The molecule has 2 atom stereocenters. The lowest BCUT2D eigenvalue weighted by Crippen LogP contribution is -2.39. The number of benzene rings is 1. The van der Waals surface area contributed by atoms with E-state index in [1.54, 1.807) is 13.0 Å². The molecule has 2 unspecified atom stereocenters. The van der Waals surface area contributed by atoms with Crippen LogP contribution in [0.15, 0.2) is 18.2 Å². The quantitative estimate of drug-likeness (QED) is 0.885. The summed E-state index contributed by atoms with van der Waals surface area (Å²) in [5.74, 6) is -1.01. The Labute approximate surface area is 110 Å². The highest BCUT2D eigenvalue weighted by molar-refractivity contribution is 7.92. The molecule has 1 heterocycles. The van der Waals surface area contributed by atoms with Crippen molar-refractivity contribution >= 4 is 21.4 Å². The molecule has 0 radical (unpaired) electrons. The Kier molecular flexibility index (Phi) is 3.91. The predicted octanol–water partition coefficient (Wildman–Crippen LogP) is 1.43. The Bertz CT molecular complexity index is 530. The second-order valence-electron chi connectivity index (χ2n) is 4.14. The molecular weight excluding hydrogens is 279 g/mol. The molecule has 1 aliphatic heterocycles. The number of sulfone groups is 1. The molecular formula is C11H14ClFN2O2S. The van der Waals surface area contributed by atoms with E-state index >= 15 is 0 Å². The highest BCUT2D eigenvalue weighted by Gasteiger charge is 2.39. The minimum atomic E-state index is -3.33. The zero-order valence-corrected chi connectivity index (χ0v) is 11.4. The molecule has 1 fully saturated rings. The summed E-state index contributed by atoms with van der Waals surface area (Å²) in [7, 11) is -3.33. The van der Waals surface area contributed by atoms with Crippen molar-refractivity contribution in [3.05, 3.63) is 34.6 Å². The highest BCUT2D eigenvalue weighted by Crippen LogP contribution is 2.33. The monoisotopic (exact) mass is 292 g/mol. The van der Waals surface area contributed by atoms with Crippen molar-refractivity contribution in [3.8, 4) is 0 Å². The molecule has 18 heavy (non-hydrogen) atoms. The molecule has 0 saturated carbocycles. The zero-order chi connectivity index (χ0) is 13.3. The lowest BCUT2D eigenvalue weighted by Gasteiger charge is -2.19. The second-order valence-corrected chi connectivity index (χ2v) is 6.96. The number of hydrazine groups is 1. The number of hydrogen-bond acceptors (Lipinski definition) is 4. The molecule has 2 N–H and O–H groups in total. The molecule has 0 amide bonds. The van der Waals surface area contributed by atoms with Crippen molar-refractivity contribution in [2.45, 2.75) is 18.2 Å². The van der Waals surface area contributed by atoms with E-state index in [4.69, 9.17) is 11.6 Å². The Hall–Kier alpha value is -0.690. The summed E-state index contributed by atoms with van der Waals surface area (Å²) in [6.07, 6.45) is 0. The van der Waals surface area contributed by atoms with Crippen LogP contribution in [0.5, 0.6) is 0 Å². The van der Waals surface area contributed by atoms with Gasteiger partial charge in [0, 0.05) is 28.8 Å². The lowest BCUT2D eigenvalue weighted by molar-refractivity contribution is 0.544. The maximum atomic E-state index is 13.8. The van der Waals surface area contributed by atoms with E-state index in [1.807, 2.05) is 0 Å². The van der Waals surface area contributed by atoms with Gasteiger partial charge in [-0.2, -0.15) is 0 Å². The van der Waals surface area contributed by atoms with E-state index in [0.29, 0.717) is 6.54 Å². The van der Waals surface area contributed by atoms with Crippen LogP contribution in [0.4, 0.5) is 4.39 Å². The van der Waals surface area contributed by atoms with E-state index in [9.17, 15) is 12.8 Å². The topological polar surface area (TPSA) is 58.2 Å². The van der Waals surface area contributed by atoms with Crippen molar-refractivity contribution < 1.29 is 12.8 Å². The minimum Gasteiger partial charge on any atom is -0.256 e. The number of hydrogen-bond donors (Lipinski definition) is 2. The fourth-order valence-corrected chi connectivity index (χ4v) is 3.77. The Morgan fingerprint density at radius 3 is 2.83 bits per heavy atom. The zero-order valence-electron chi connectivity index (χ0n) is 9.78. The van der Waals surface area contributed by atoms with E-state index in [2.05, 4.69) is 10.9 Å². The molecule has 0 aliphatic carbocycles. The average molecular weight is 293 g/mol. The number of halogens is 2. The van der Waals surface area contributed by atoms with Crippen LogP contribution in [0, 0.1) is 5.82 Å². The van der Waals surface area contributed by atoms with Gasteiger partial charge in [-0.15, -0.1) is 0 Å². The van der Waals surface area contributed by atoms with Gasteiger partial charge < -0.3 is 0 Å². The predicted molar refractivity (Wildman–Crippen MR) is 68.5 cm³/mol. The third-order valence-corrected chi connectivity index (χ3v) is 5.45. The first-order chi connectivity index (χ1) is 8.47. The smallest absolute Gasteiger partial charge is 0.167 e. The molecule has 1 aromatic rings. The van der Waals surface area contributed by atoms with Gasteiger partial charge in [0.05, 0.1) is 0 Å². The molecule has 0 bridgehead atoms. The van der Waals surface area contributed by atoms with Gasteiger partial charge in [-0.3, -0.25) is 5.43 Å². The van der Waals surface area contributed by atoms with Crippen LogP contribution in [-0.2, 0) is 9.84 Å². The Morgan fingerprint density at radius 2 is 2.22 bits per heavy atom. The first-order valence-electron chi connectivity index (χ1n) is 5.61. The van der Waals surface area contributed by atoms with Crippen LogP contribution < -0.4 is 10.9 Å². The third-order valence-electron chi connectivity index (χ3n) is 3.09. The van der Waals surface area contributed by atoms with Crippen LogP contribution in [0.2, 0.25) is 5.02 Å². The third kappa shape index (κ3) is 2.38. The summed E-state index contributed by atoms with van der Waals surface area (Å²) in [6, 6.07) is 4.35. The van der Waals surface area contributed by atoms with Gasteiger partial charge in [-0.25, -0.2) is 18.2 Å². The summed E-state index contributed by atoms with van der Waals surface area (Å²) in [6.45, 7) is 1.89. The molecule has 0 aromatic heterocycles. The average Bonchev–Trinajstić information content (AvgIpc) is 2.78. The fraction of sp³-hybridized carbons (Fsp3) is 0.455. The van der Waals surface area contributed by atoms with Crippen molar-refractivity contribution in [2.75, 3.05) is 12.3 Å². The van der Waals surface area contributed by atoms with Crippen molar-refractivity contribution in [1.82, 2.24) is 10.9 Å². The van der Waals surface area contributed by atoms with Gasteiger partial charge >= 0.3 is 0 Å². The normalized spacial score (nSPS) is 24.4. The second kappa shape index (κ2) is 5.13. The van der Waals surface area contributed by atoms with Gasteiger partial charge in [0.2, 0.25) is 0 Å². The molecule has 100 valence electrons. The van der Waals surface area contributed by atoms with Gasteiger partial charge in [0.1, 0.15) is 11.2 Å². The maximum Gasteiger partial charge on any atom is 0.167 e. The SMILES string of the molecule is CCS(=O)(=O)C1NNCC1c1c(F)cccc1Cl.